The molecule has 0 saturated heterocycles. The average Bonchev–Trinajstić information content (AvgIpc) is 2.67. The number of aromatic amines is 1. The number of amides is 1. The van der Waals surface area contributed by atoms with Gasteiger partial charge in [0.25, 0.3) is 0 Å². The highest BCUT2D eigenvalue weighted by atomic mass is 16.2. The highest BCUT2D eigenvalue weighted by Crippen LogP contribution is 2.09. The van der Waals surface area contributed by atoms with E-state index in [-0.39, 0.29) is 24.2 Å². The first-order chi connectivity index (χ1) is 7.09. The van der Waals surface area contributed by atoms with Gasteiger partial charge in [-0.05, 0) is 13.8 Å². The number of nitrogens with one attached hydrogen (secondary N) is 2. The van der Waals surface area contributed by atoms with Crippen molar-refractivity contribution >= 4 is 11.7 Å². The minimum Gasteiger partial charge on any atom is -0.349 e. The monoisotopic (exact) mass is 209 g/mol. The Morgan fingerprint density at radius 1 is 1.53 bits per heavy atom. The number of aromatic nitrogens is 2. The molecule has 1 aromatic rings. The van der Waals surface area contributed by atoms with E-state index in [9.17, 15) is 9.59 Å². The number of rotatable bonds is 5. The fraction of sp³-hybridized carbons (Fsp3) is 0.500. The lowest BCUT2D eigenvalue weighted by atomic mass is 10.1. The lowest BCUT2D eigenvalue weighted by molar-refractivity contribution is -0.125. The Labute approximate surface area is 88.3 Å². The summed E-state index contributed by atoms with van der Waals surface area (Å²) in [6.45, 7) is 3.35. The molecule has 0 radical (unpaired) electrons. The van der Waals surface area contributed by atoms with Gasteiger partial charge in [0, 0.05) is 24.6 Å². The van der Waals surface area contributed by atoms with Gasteiger partial charge in [0.1, 0.15) is 5.78 Å². The third-order valence-corrected chi connectivity index (χ3v) is 2.10. The fourth-order valence-electron chi connectivity index (χ4n) is 1.18. The van der Waals surface area contributed by atoms with Crippen molar-refractivity contribution in [2.24, 2.45) is 0 Å². The minimum absolute atomic E-state index is 0.0288. The maximum Gasteiger partial charge on any atom is 0.220 e. The van der Waals surface area contributed by atoms with E-state index in [1.54, 1.807) is 12.4 Å². The number of hydrogen-bond donors (Lipinski definition) is 2. The van der Waals surface area contributed by atoms with Crippen LogP contribution in [0.15, 0.2) is 12.4 Å². The number of hydrogen-bond acceptors (Lipinski definition) is 3. The molecule has 1 unspecified atom stereocenters. The lowest BCUT2D eigenvalue weighted by Gasteiger charge is -2.11. The summed E-state index contributed by atoms with van der Waals surface area (Å²) in [5.74, 6) is -0.0833. The summed E-state index contributed by atoms with van der Waals surface area (Å²) in [6.07, 6.45) is 3.94. The minimum atomic E-state index is -0.112. The normalized spacial score (nSPS) is 12.1. The summed E-state index contributed by atoms with van der Waals surface area (Å²) in [5.41, 5.74) is 0.922. The van der Waals surface area contributed by atoms with E-state index in [1.807, 2.05) is 6.92 Å². The van der Waals surface area contributed by atoms with Crippen molar-refractivity contribution in [3.05, 3.63) is 18.0 Å². The van der Waals surface area contributed by atoms with Crippen molar-refractivity contribution in [2.45, 2.75) is 32.7 Å². The maximum atomic E-state index is 11.4. The van der Waals surface area contributed by atoms with Crippen LogP contribution in [0.3, 0.4) is 0 Å². The average molecular weight is 209 g/mol. The molecule has 0 spiro atoms. The largest absolute Gasteiger partial charge is 0.349 e. The van der Waals surface area contributed by atoms with E-state index in [2.05, 4.69) is 15.5 Å². The zero-order chi connectivity index (χ0) is 11.3. The second-order valence-corrected chi connectivity index (χ2v) is 3.52. The quantitative estimate of drug-likeness (QED) is 0.758. The Balaban J connectivity index is 2.35. The van der Waals surface area contributed by atoms with Gasteiger partial charge < -0.3 is 10.1 Å². The Morgan fingerprint density at radius 2 is 2.27 bits per heavy atom. The molecule has 0 aliphatic rings. The van der Waals surface area contributed by atoms with E-state index < -0.39 is 0 Å². The molecule has 0 saturated carbocycles. The van der Waals surface area contributed by atoms with Gasteiger partial charge in [0.2, 0.25) is 5.91 Å². The van der Waals surface area contributed by atoms with E-state index in [4.69, 9.17) is 0 Å². The maximum absolute atomic E-state index is 11.4. The fourth-order valence-corrected chi connectivity index (χ4v) is 1.18. The van der Waals surface area contributed by atoms with Crippen molar-refractivity contribution < 1.29 is 9.59 Å². The van der Waals surface area contributed by atoms with E-state index in [0.717, 1.165) is 5.56 Å². The molecular formula is C10H15N3O2. The van der Waals surface area contributed by atoms with Gasteiger partial charge in [-0.2, -0.15) is 5.10 Å². The van der Waals surface area contributed by atoms with Gasteiger partial charge >= 0.3 is 0 Å². The summed E-state index contributed by atoms with van der Waals surface area (Å²) in [6, 6.07) is -0.0804. The highest BCUT2D eigenvalue weighted by molar-refractivity contribution is 5.83. The SMILES string of the molecule is CC(=O)CCC(=O)NC(C)c1cn[nH]c1. The molecule has 5 nitrogen and oxygen atoms in total. The predicted molar refractivity (Wildman–Crippen MR) is 55.1 cm³/mol. The number of carbonyl (C=O) groups excluding carboxylic acids is 2. The van der Waals surface area contributed by atoms with Crippen LogP contribution in [0.1, 0.15) is 38.3 Å². The first-order valence-corrected chi connectivity index (χ1v) is 4.87. The van der Waals surface area contributed by atoms with Crippen molar-refractivity contribution in [3.8, 4) is 0 Å². The van der Waals surface area contributed by atoms with Crippen LogP contribution < -0.4 is 5.32 Å². The van der Waals surface area contributed by atoms with Crippen LogP contribution >= 0.6 is 0 Å². The molecule has 1 amide bonds. The molecular weight excluding hydrogens is 194 g/mol. The predicted octanol–water partition coefficient (Wildman–Crippen LogP) is 0.956. The molecule has 0 aromatic carbocycles. The van der Waals surface area contributed by atoms with Crippen LogP contribution in [0.4, 0.5) is 0 Å². The number of H-pyrrole nitrogens is 1. The summed E-state index contributed by atoms with van der Waals surface area (Å²) < 4.78 is 0. The van der Waals surface area contributed by atoms with Crippen molar-refractivity contribution in [1.29, 1.82) is 0 Å². The summed E-state index contributed by atoms with van der Waals surface area (Å²) in [4.78, 5) is 22.0. The van der Waals surface area contributed by atoms with Crippen molar-refractivity contribution in [1.82, 2.24) is 15.5 Å². The summed E-state index contributed by atoms with van der Waals surface area (Å²) >= 11 is 0. The Bertz CT molecular complexity index is 332. The second kappa shape index (κ2) is 5.29. The van der Waals surface area contributed by atoms with Crippen molar-refractivity contribution in [3.63, 3.8) is 0 Å². The van der Waals surface area contributed by atoms with Crippen LogP contribution in [0.5, 0.6) is 0 Å². The highest BCUT2D eigenvalue weighted by Gasteiger charge is 2.10. The zero-order valence-corrected chi connectivity index (χ0v) is 8.91. The molecule has 2 N–H and O–H groups in total. The molecule has 0 aliphatic heterocycles. The van der Waals surface area contributed by atoms with E-state index in [0.29, 0.717) is 6.42 Å². The lowest BCUT2D eigenvalue weighted by Crippen LogP contribution is -2.26. The summed E-state index contributed by atoms with van der Waals surface area (Å²) in [7, 11) is 0. The van der Waals surface area contributed by atoms with Crippen LogP contribution in [-0.4, -0.2) is 21.9 Å². The van der Waals surface area contributed by atoms with Gasteiger partial charge in [0.15, 0.2) is 0 Å². The van der Waals surface area contributed by atoms with Crippen LogP contribution in [0, 0.1) is 0 Å². The number of nitrogens with zero attached hydrogens (tertiary/aromatic N) is 1. The Hall–Kier alpha value is -1.65. The molecule has 1 heterocycles. The van der Waals surface area contributed by atoms with Gasteiger partial charge in [-0.15, -0.1) is 0 Å². The first kappa shape index (κ1) is 11.4. The molecule has 1 rings (SSSR count). The molecule has 1 aromatic heterocycles. The third-order valence-electron chi connectivity index (χ3n) is 2.10. The Kier molecular flexibility index (Phi) is 4.03. The summed E-state index contributed by atoms with van der Waals surface area (Å²) in [5, 5.41) is 9.26. The topological polar surface area (TPSA) is 74.8 Å². The molecule has 5 heteroatoms. The smallest absolute Gasteiger partial charge is 0.220 e. The van der Waals surface area contributed by atoms with Gasteiger partial charge in [-0.1, -0.05) is 0 Å². The van der Waals surface area contributed by atoms with Crippen LogP contribution in [0.25, 0.3) is 0 Å². The molecule has 0 bridgehead atoms. The molecule has 15 heavy (non-hydrogen) atoms. The Morgan fingerprint density at radius 3 is 2.80 bits per heavy atom. The number of Topliss-reactive ketones (excluding diaryl/α,β-unsaturated/α-hetero) is 1. The number of carbonyl (C=O) groups is 2. The first-order valence-electron chi connectivity index (χ1n) is 4.87. The molecule has 82 valence electrons. The zero-order valence-electron chi connectivity index (χ0n) is 8.91. The molecule has 1 atom stereocenters. The van der Waals surface area contributed by atoms with Gasteiger partial charge in [0.05, 0.1) is 12.2 Å². The van der Waals surface area contributed by atoms with E-state index in [1.165, 1.54) is 6.92 Å². The number of ketones is 1. The molecule has 0 aliphatic carbocycles. The van der Waals surface area contributed by atoms with Crippen molar-refractivity contribution in [2.75, 3.05) is 0 Å². The third kappa shape index (κ3) is 3.93. The van der Waals surface area contributed by atoms with Crippen LogP contribution in [0.2, 0.25) is 0 Å². The standard InChI is InChI=1S/C10H15N3O2/c1-7(14)3-4-10(15)13-8(2)9-5-11-12-6-9/h5-6,8H,3-4H2,1-2H3,(H,11,12)(H,13,15). The molecule has 0 fully saturated rings. The van der Waals surface area contributed by atoms with Gasteiger partial charge in [-0.25, -0.2) is 0 Å². The van der Waals surface area contributed by atoms with Gasteiger partial charge in [-0.3, -0.25) is 9.89 Å². The second-order valence-electron chi connectivity index (χ2n) is 3.52. The van der Waals surface area contributed by atoms with E-state index >= 15 is 0 Å². The van der Waals surface area contributed by atoms with Crippen LogP contribution in [-0.2, 0) is 9.59 Å².